The van der Waals surface area contributed by atoms with E-state index in [1.54, 1.807) is 0 Å². The number of fused-ring (bicyclic) bond motifs is 2. The topological polar surface area (TPSA) is 48.5 Å². The molecule has 0 bridgehead atoms. The summed E-state index contributed by atoms with van der Waals surface area (Å²) >= 11 is 0. The van der Waals surface area contributed by atoms with E-state index in [4.69, 9.17) is 15.0 Å². The van der Waals surface area contributed by atoms with Crippen molar-refractivity contribution in [1.82, 2.24) is 24.1 Å². The van der Waals surface area contributed by atoms with Crippen molar-refractivity contribution in [2.45, 2.75) is 65.5 Å². The van der Waals surface area contributed by atoms with Crippen LogP contribution in [0.15, 0.2) is 66.7 Å². The molecule has 5 rings (SSSR count). The van der Waals surface area contributed by atoms with Crippen LogP contribution in [-0.2, 0) is 30.2 Å². The van der Waals surface area contributed by atoms with E-state index in [1.165, 1.54) is 36.7 Å². The van der Waals surface area contributed by atoms with Crippen LogP contribution >= 0.6 is 0 Å². The van der Waals surface area contributed by atoms with Crippen LogP contribution in [0, 0.1) is 0 Å². The number of aryl methyl sites for hydroxylation is 2. The third kappa shape index (κ3) is 7.11. The van der Waals surface area contributed by atoms with Crippen LogP contribution in [0.3, 0.4) is 0 Å². The Bertz CT molecular complexity index is 1310. The van der Waals surface area contributed by atoms with E-state index in [1.807, 2.05) is 0 Å². The van der Waals surface area contributed by atoms with Crippen LogP contribution in [0.5, 0.6) is 0 Å². The van der Waals surface area contributed by atoms with Gasteiger partial charge in [0.15, 0.2) is 11.6 Å². The molecule has 0 saturated carbocycles. The van der Waals surface area contributed by atoms with Gasteiger partial charge in [-0.05, 0) is 49.2 Å². The van der Waals surface area contributed by atoms with E-state index >= 15 is 0 Å². The van der Waals surface area contributed by atoms with Crippen molar-refractivity contribution in [3.8, 4) is 23.0 Å². The fraction of sp³-hybridized carbons (Fsp3) is 0.345. The van der Waals surface area contributed by atoms with Gasteiger partial charge in [0.25, 0.3) is 0 Å². The Morgan fingerprint density at radius 1 is 0.526 bits per heavy atom. The minimum absolute atomic E-state index is 0. The molecule has 3 aromatic heterocycles. The predicted octanol–water partition coefficient (Wildman–Crippen LogP) is -1.50. The van der Waals surface area contributed by atoms with Crippen LogP contribution in [0.4, 0.5) is 0 Å². The SMILES string of the molecule is CCCCCn1c(-c2cccc(-c3nc4ccccc4n3CCCCC)n2)nc2ccccc21.[Cl-].[Cl-].[Cl-].[Fe+3]. The van der Waals surface area contributed by atoms with Gasteiger partial charge >= 0.3 is 17.1 Å². The van der Waals surface area contributed by atoms with Gasteiger partial charge in [0.1, 0.15) is 11.4 Å². The summed E-state index contributed by atoms with van der Waals surface area (Å²) in [5.41, 5.74) is 6.19. The molecule has 2 aromatic carbocycles. The summed E-state index contributed by atoms with van der Waals surface area (Å²) in [6.07, 6.45) is 7.09. The number of hydrogen-bond donors (Lipinski definition) is 0. The maximum absolute atomic E-state index is 5.11. The molecule has 203 valence electrons. The van der Waals surface area contributed by atoms with Gasteiger partial charge in [-0.15, -0.1) is 0 Å². The first-order valence-corrected chi connectivity index (χ1v) is 12.7. The van der Waals surface area contributed by atoms with Crippen molar-refractivity contribution >= 4 is 22.1 Å². The Labute approximate surface area is 254 Å². The smallest absolute Gasteiger partial charge is 1.00 e. The van der Waals surface area contributed by atoms with E-state index in [2.05, 4.69) is 89.7 Å². The summed E-state index contributed by atoms with van der Waals surface area (Å²) in [5, 5.41) is 0. The van der Waals surface area contributed by atoms with Gasteiger partial charge in [-0.25, -0.2) is 15.0 Å². The van der Waals surface area contributed by atoms with E-state index in [9.17, 15) is 0 Å². The molecule has 0 spiro atoms. The van der Waals surface area contributed by atoms with Crippen LogP contribution in [0.2, 0.25) is 0 Å². The molecule has 0 saturated heterocycles. The summed E-state index contributed by atoms with van der Waals surface area (Å²) in [5.74, 6) is 1.88. The van der Waals surface area contributed by atoms with Gasteiger partial charge in [0, 0.05) is 13.1 Å². The minimum Gasteiger partial charge on any atom is -1.00 e. The Hall–Kier alpha value is -2.08. The molecule has 0 aliphatic rings. The number of imidazole rings is 2. The third-order valence-corrected chi connectivity index (χ3v) is 6.49. The molecule has 5 nitrogen and oxygen atoms in total. The molecule has 3 heterocycles. The zero-order valence-corrected chi connectivity index (χ0v) is 25.1. The van der Waals surface area contributed by atoms with Crippen LogP contribution < -0.4 is 37.2 Å². The first-order valence-electron chi connectivity index (χ1n) is 12.7. The second-order valence-electron chi connectivity index (χ2n) is 8.97. The molecule has 0 unspecified atom stereocenters. The number of nitrogens with zero attached hydrogens (tertiary/aromatic N) is 5. The van der Waals surface area contributed by atoms with E-state index in [-0.39, 0.29) is 54.3 Å². The molecule has 1 radical (unpaired) electrons. The second-order valence-corrected chi connectivity index (χ2v) is 8.97. The maximum Gasteiger partial charge on any atom is 3.00 e. The van der Waals surface area contributed by atoms with Crippen molar-refractivity contribution in [1.29, 1.82) is 0 Å². The standard InChI is InChI=1S/C29H33N5.3ClH.Fe/c1-3-5-11-20-33-26-18-9-7-14-22(26)31-28(33)24-16-13-17-25(30-24)29-32-23-15-8-10-19-27(23)34(29)21-12-6-4-2;;;;/h7-10,13-19H,3-6,11-12,20-21H2,1-2H3;3*1H;/q;;;;+3/p-3. The molecule has 0 N–H and O–H groups in total. The van der Waals surface area contributed by atoms with Gasteiger partial charge in [-0.2, -0.15) is 0 Å². The predicted molar refractivity (Wildman–Crippen MR) is 141 cm³/mol. The second kappa shape index (κ2) is 16.1. The minimum atomic E-state index is 0. The summed E-state index contributed by atoms with van der Waals surface area (Å²) in [6, 6.07) is 23.0. The monoisotopic (exact) mass is 612 g/mol. The fourth-order valence-corrected chi connectivity index (χ4v) is 4.72. The number of benzene rings is 2. The molecule has 38 heavy (non-hydrogen) atoms. The molecular formula is C29H33Cl3FeN5. The Morgan fingerprint density at radius 3 is 1.37 bits per heavy atom. The third-order valence-electron chi connectivity index (χ3n) is 6.49. The van der Waals surface area contributed by atoms with Crippen molar-refractivity contribution in [2.75, 3.05) is 0 Å². The van der Waals surface area contributed by atoms with Gasteiger partial charge in [-0.3, -0.25) is 0 Å². The molecule has 0 atom stereocenters. The molecule has 0 fully saturated rings. The molecular weight excluding hydrogens is 581 g/mol. The number of unbranched alkanes of at least 4 members (excludes halogenated alkanes) is 4. The first-order chi connectivity index (χ1) is 16.8. The average molecular weight is 614 g/mol. The fourth-order valence-electron chi connectivity index (χ4n) is 4.72. The zero-order chi connectivity index (χ0) is 23.3. The normalized spacial score (nSPS) is 10.4. The van der Waals surface area contributed by atoms with Crippen molar-refractivity contribution in [3.05, 3.63) is 66.7 Å². The van der Waals surface area contributed by atoms with Crippen molar-refractivity contribution < 1.29 is 54.3 Å². The summed E-state index contributed by atoms with van der Waals surface area (Å²) in [4.78, 5) is 15.1. The summed E-state index contributed by atoms with van der Waals surface area (Å²) < 4.78 is 4.67. The van der Waals surface area contributed by atoms with Crippen molar-refractivity contribution in [3.63, 3.8) is 0 Å². The number of aromatic nitrogens is 5. The Kier molecular flexibility index (Phi) is 14.4. The van der Waals surface area contributed by atoms with E-state index in [0.29, 0.717) is 0 Å². The largest absolute Gasteiger partial charge is 3.00 e. The number of halogens is 3. The molecule has 5 aromatic rings. The van der Waals surface area contributed by atoms with Gasteiger partial charge in [-0.1, -0.05) is 69.9 Å². The maximum atomic E-state index is 5.11. The van der Waals surface area contributed by atoms with Crippen molar-refractivity contribution in [2.24, 2.45) is 0 Å². The summed E-state index contributed by atoms with van der Waals surface area (Å²) in [7, 11) is 0. The molecule has 9 heteroatoms. The number of para-hydroxylation sites is 4. The van der Waals surface area contributed by atoms with Gasteiger partial charge in [0.05, 0.1) is 22.1 Å². The molecule has 0 amide bonds. The number of hydrogen-bond acceptors (Lipinski definition) is 3. The first kappa shape index (κ1) is 33.9. The van der Waals surface area contributed by atoms with Crippen LogP contribution in [0.1, 0.15) is 52.4 Å². The van der Waals surface area contributed by atoms with Crippen LogP contribution in [0.25, 0.3) is 45.1 Å². The molecule has 0 aliphatic heterocycles. The summed E-state index contributed by atoms with van der Waals surface area (Å²) in [6.45, 7) is 6.38. The van der Waals surface area contributed by atoms with E-state index in [0.717, 1.165) is 60.0 Å². The van der Waals surface area contributed by atoms with Gasteiger partial charge < -0.3 is 46.4 Å². The molecule has 0 aliphatic carbocycles. The zero-order valence-electron chi connectivity index (χ0n) is 21.7. The average Bonchev–Trinajstić information content (AvgIpc) is 3.43. The Balaban J connectivity index is 0.00000180. The van der Waals surface area contributed by atoms with Crippen LogP contribution in [-0.4, -0.2) is 24.1 Å². The Morgan fingerprint density at radius 2 is 0.947 bits per heavy atom. The quantitative estimate of drug-likeness (QED) is 0.143. The number of pyridine rings is 1. The van der Waals surface area contributed by atoms with E-state index < -0.39 is 0 Å². The number of rotatable bonds is 10. The van der Waals surface area contributed by atoms with Gasteiger partial charge in [0.2, 0.25) is 0 Å².